The number of amides is 2. The number of nitrogens with zero attached hydrogens (tertiary/aromatic N) is 2. The predicted octanol–water partition coefficient (Wildman–Crippen LogP) is 5.64. The van der Waals surface area contributed by atoms with Crippen LogP contribution in [0.3, 0.4) is 0 Å². The highest BCUT2D eigenvalue weighted by Crippen LogP contribution is 2.27. The molecule has 4 rings (SSSR count). The molecule has 0 saturated heterocycles. The Labute approximate surface area is 201 Å². The molecule has 0 aliphatic carbocycles. The van der Waals surface area contributed by atoms with Crippen LogP contribution < -0.4 is 10.2 Å². The molecule has 0 saturated carbocycles. The van der Waals surface area contributed by atoms with Crippen LogP contribution in [-0.4, -0.2) is 30.8 Å². The van der Waals surface area contributed by atoms with E-state index in [2.05, 4.69) is 5.32 Å². The Balaban J connectivity index is 1.65. The minimum atomic E-state index is -0.476. The van der Waals surface area contributed by atoms with Crippen LogP contribution in [0, 0.1) is 5.82 Å². The van der Waals surface area contributed by atoms with Gasteiger partial charge in [0.05, 0.1) is 17.7 Å². The zero-order valence-electron chi connectivity index (χ0n) is 18.8. The number of furan rings is 1. The summed E-state index contributed by atoms with van der Waals surface area (Å²) in [6.07, 6.45) is 1.55. The lowest BCUT2D eigenvalue weighted by molar-refractivity contribution is 0.0717. The molecule has 2 amide bonds. The van der Waals surface area contributed by atoms with E-state index in [1.54, 1.807) is 35.4 Å². The normalized spacial score (nSPS) is 10.7. The molecule has 0 radical (unpaired) electrons. The molecule has 2 aromatic heterocycles. The highest BCUT2D eigenvalue weighted by Gasteiger charge is 2.21. The summed E-state index contributed by atoms with van der Waals surface area (Å²) >= 11 is 1.36. The molecular formula is C26H24FN3O3S. The first-order valence-corrected chi connectivity index (χ1v) is 11.5. The van der Waals surface area contributed by atoms with Crippen LogP contribution in [0.1, 0.15) is 31.4 Å². The molecule has 2 aromatic carbocycles. The molecule has 0 atom stereocenters. The summed E-state index contributed by atoms with van der Waals surface area (Å²) in [4.78, 5) is 30.1. The number of nitrogens with one attached hydrogen (secondary N) is 1. The number of benzene rings is 2. The largest absolute Gasteiger partial charge is 0.467 e. The van der Waals surface area contributed by atoms with Gasteiger partial charge in [-0.1, -0.05) is 12.1 Å². The van der Waals surface area contributed by atoms with E-state index < -0.39 is 5.82 Å². The number of carbonyl (C=O) groups excluding carboxylic acids is 2. The van der Waals surface area contributed by atoms with Crippen molar-refractivity contribution in [1.82, 2.24) is 4.90 Å². The van der Waals surface area contributed by atoms with Crippen LogP contribution >= 0.6 is 11.3 Å². The molecule has 0 aliphatic heterocycles. The van der Waals surface area contributed by atoms with Gasteiger partial charge in [-0.3, -0.25) is 9.59 Å². The quantitative estimate of drug-likeness (QED) is 0.357. The lowest BCUT2D eigenvalue weighted by atomic mass is 10.1. The summed E-state index contributed by atoms with van der Waals surface area (Å²) in [7, 11) is 3.82. The van der Waals surface area contributed by atoms with Crippen molar-refractivity contribution >= 4 is 34.5 Å². The SMILES string of the molecule is CN(C)c1ccc(NC(=O)c2cccs2)cc1CN(Cc1ccco1)C(=O)c1cccc(F)c1. The fourth-order valence-corrected chi connectivity index (χ4v) is 4.25. The van der Waals surface area contributed by atoms with E-state index in [0.717, 1.165) is 11.3 Å². The van der Waals surface area contributed by atoms with Gasteiger partial charge in [0.1, 0.15) is 11.6 Å². The van der Waals surface area contributed by atoms with Gasteiger partial charge in [0.25, 0.3) is 11.8 Å². The maximum absolute atomic E-state index is 13.8. The first kappa shape index (κ1) is 23.3. The Bertz CT molecular complexity index is 1270. The van der Waals surface area contributed by atoms with Crippen LogP contribution in [0.15, 0.2) is 82.8 Å². The highest BCUT2D eigenvalue weighted by atomic mass is 32.1. The van der Waals surface area contributed by atoms with Crippen LogP contribution in [0.25, 0.3) is 0 Å². The van der Waals surface area contributed by atoms with Crippen molar-refractivity contribution in [1.29, 1.82) is 0 Å². The number of hydrogen-bond donors (Lipinski definition) is 1. The second-order valence-corrected chi connectivity index (χ2v) is 8.87. The molecule has 2 heterocycles. The predicted molar refractivity (Wildman–Crippen MR) is 132 cm³/mol. The van der Waals surface area contributed by atoms with E-state index in [9.17, 15) is 14.0 Å². The summed E-state index contributed by atoms with van der Waals surface area (Å²) in [5.41, 5.74) is 2.59. The molecule has 0 aliphatic rings. The Kier molecular flexibility index (Phi) is 7.08. The number of hydrogen-bond acceptors (Lipinski definition) is 5. The third-order valence-corrected chi connectivity index (χ3v) is 6.08. The van der Waals surface area contributed by atoms with Gasteiger partial charge in [-0.05, 0) is 65.5 Å². The third-order valence-electron chi connectivity index (χ3n) is 5.21. The molecular weight excluding hydrogens is 453 g/mol. The summed E-state index contributed by atoms with van der Waals surface area (Å²) in [5, 5.41) is 4.77. The minimum Gasteiger partial charge on any atom is -0.467 e. The second kappa shape index (κ2) is 10.4. The molecule has 4 aromatic rings. The van der Waals surface area contributed by atoms with Crippen LogP contribution in [0.5, 0.6) is 0 Å². The van der Waals surface area contributed by atoms with E-state index in [-0.39, 0.29) is 30.5 Å². The van der Waals surface area contributed by atoms with Gasteiger partial charge in [0.15, 0.2) is 0 Å². The fraction of sp³-hybridized carbons (Fsp3) is 0.154. The second-order valence-electron chi connectivity index (χ2n) is 7.92. The van der Waals surface area contributed by atoms with Gasteiger partial charge in [-0.2, -0.15) is 0 Å². The Morgan fingerprint density at radius 1 is 1.00 bits per heavy atom. The van der Waals surface area contributed by atoms with E-state index in [4.69, 9.17) is 4.42 Å². The van der Waals surface area contributed by atoms with Crippen LogP contribution in [0.4, 0.5) is 15.8 Å². The smallest absolute Gasteiger partial charge is 0.265 e. The van der Waals surface area contributed by atoms with Crippen molar-refractivity contribution in [3.63, 3.8) is 0 Å². The Morgan fingerprint density at radius 2 is 1.85 bits per heavy atom. The van der Waals surface area contributed by atoms with Crippen molar-refractivity contribution in [3.05, 3.63) is 106 Å². The van der Waals surface area contributed by atoms with Gasteiger partial charge in [0.2, 0.25) is 0 Å². The average Bonchev–Trinajstić information content (AvgIpc) is 3.53. The first-order valence-electron chi connectivity index (χ1n) is 10.6. The molecule has 0 bridgehead atoms. The van der Waals surface area contributed by atoms with Crippen molar-refractivity contribution in [3.8, 4) is 0 Å². The van der Waals surface area contributed by atoms with Gasteiger partial charge in [0, 0.05) is 37.6 Å². The lowest BCUT2D eigenvalue weighted by Gasteiger charge is -2.26. The molecule has 8 heteroatoms. The minimum absolute atomic E-state index is 0.193. The highest BCUT2D eigenvalue weighted by molar-refractivity contribution is 7.12. The summed E-state index contributed by atoms with van der Waals surface area (Å²) in [6, 6.07) is 18.3. The topological polar surface area (TPSA) is 65.8 Å². The molecule has 34 heavy (non-hydrogen) atoms. The summed E-state index contributed by atoms with van der Waals surface area (Å²) in [5.74, 6) is -0.384. The van der Waals surface area contributed by atoms with E-state index in [1.807, 2.05) is 48.6 Å². The first-order chi connectivity index (χ1) is 16.4. The number of halogens is 1. The molecule has 0 unspecified atom stereocenters. The standard InChI is InChI=1S/C26H24FN3O3S/c1-29(2)23-11-10-21(28-25(31)24-9-5-13-34-24)15-19(23)16-30(17-22-8-4-12-33-22)26(32)18-6-3-7-20(27)14-18/h3-15H,16-17H2,1-2H3,(H,28,31). The van der Waals surface area contributed by atoms with E-state index in [1.165, 1.54) is 29.5 Å². The summed E-state index contributed by atoms with van der Waals surface area (Å²) in [6.45, 7) is 0.438. The maximum atomic E-state index is 13.8. The fourth-order valence-electron chi connectivity index (χ4n) is 3.63. The van der Waals surface area contributed by atoms with Gasteiger partial charge < -0.3 is 19.5 Å². The Hall–Kier alpha value is -3.91. The molecule has 0 spiro atoms. The number of rotatable bonds is 8. The van der Waals surface area contributed by atoms with Gasteiger partial charge >= 0.3 is 0 Å². The zero-order chi connectivity index (χ0) is 24.1. The number of thiophene rings is 1. The monoisotopic (exact) mass is 477 g/mol. The molecule has 0 fully saturated rings. The van der Waals surface area contributed by atoms with Crippen LogP contribution in [0.2, 0.25) is 0 Å². The average molecular weight is 478 g/mol. The molecule has 1 N–H and O–H groups in total. The van der Waals surface area contributed by atoms with E-state index in [0.29, 0.717) is 16.3 Å². The maximum Gasteiger partial charge on any atom is 0.265 e. The van der Waals surface area contributed by atoms with Gasteiger partial charge in [-0.25, -0.2) is 4.39 Å². The van der Waals surface area contributed by atoms with E-state index >= 15 is 0 Å². The molecule has 174 valence electrons. The lowest BCUT2D eigenvalue weighted by Crippen LogP contribution is -2.31. The van der Waals surface area contributed by atoms with Crippen molar-refractivity contribution in [2.24, 2.45) is 0 Å². The Morgan fingerprint density at radius 3 is 2.53 bits per heavy atom. The van der Waals surface area contributed by atoms with Crippen molar-refractivity contribution in [2.45, 2.75) is 13.1 Å². The van der Waals surface area contributed by atoms with Gasteiger partial charge in [-0.15, -0.1) is 11.3 Å². The van der Waals surface area contributed by atoms with Crippen LogP contribution in [-0.2, 0) is 13.1 Å². The third kappa shape index (κ3) is 5.52. The molecule has 6 nitrogen and oxygen atoms in total. The zero-order valence-corrected chi connectivity index (χ0v) is 19.6. The number of anilines is 2. The van der Waals surface area contributed by atoms with Crippen molar-refractivity contribution in [2.75, 3.05) is 24.3 Å². The summed E-state index contributed by atoms with van der Waals surface area (Å²) < 4.78 is 19.3. The number of carbonyl (C=O) groups is 2. The van der Waals surface area contributed by atoms with Crippen molar-refractivity contribution < 1.29 is 18.4 Å².